The van der Waals surface area contributed by atoms with Crippen molar-refractivity contribution >= 4 is 43.2 Å². The Morgan fingerprint density at radius 2 is 1.95 bits per heavy atom. The molecular formula is C13H9Br2FN2O2. The van der Waals surface area contributed by atoms with Gasteiger partial charge in [-0.15, -0.1) is 0 Å². The van der Waals surface area contributed by atoms with Crippen molar-refractivity contribution in [2.45, 2.75) is 6.54 Å². The minimum atomic E-state index is -0.451. The van der Waals surface area contributed by atoms with Gasteiger partial charge < -0.3 is 5.32 Å². The molecule has 0 spiro atoms. The van der Waals surface area contributed by atoms with Crippen molar-refractivity contribution in [2.24, 2.45) is 0 Å². The van der Waals surface area contributed by atoms with Gasteiger partial charge in [-0.2, -0.15) is 0 Å². The Bertz CT molecular complexity index is 665. The molecule has 0 aliphatic rings. The van der Waals surface area contributed by atoms with Crippen LogP contribution in [-0.4, -0.2) is 4.92 Å². The summed E-state index contributed by atoms with van der Waals surface area (Å²) in [6, 6.07) is 9.36. The largest absolute Gasteiger partial charge is 0.381 e. The third kappa shape index (κ3) is 3.77. The van der Waals surface area contributed by atoms with Gasteiger partial charge >= 0.3 is 0 Å². The molecule has 0 aliphatic heterocycles. The van der Waals surface area contributed by atoms with Gasteiger partial charge in [-0.3, -0.25) is 10.1 Å². The molecule has 0 atom stereocenters. The fourth-order valence-corrected chi connectivity index (χ4v) is 2.43. The molecule has 1 N–H and O–H groups in total. The first-order valence-electron chi connectivity index (χ1n) is 5.58. The Morgan fingerprint density at radius 3 is 2.60 bits per heavy atom. The molecule has 2 rings (SSSR count). The molecule has 0 unspecified atom stereocenters. The maximum absolute atomic E-state index is 13.4. The highest BCUT2D eigenvalue weighted by Gasteiger charge is 2.09. The number of nitro benzene ring substituents is 1. The molecule has 0 amide bonds. The third-order valence-electron chi connectivity index (χ3n) is 2.57. The lowest BCUT2D eigenvalue weighted by atomic mass is 10.2. The Labute approximate surface area is 131 Å². The molecule has 0 radical (unpaired) electrons. The Balaban J connectivity index is 2.14. The predicted molar refractivity (Wildman–Crippen MR) is 82.2 cm³/mol. The summed E-state index contributed by atoms with van der Waals surface area (Å²) in [5, 5.41) is 13.8. The second-order valence-electron chi connectivity index (χ2n) is 4.06. The molecule has 2 aromatic rings. The quantitative estimate of drug-likeness (QED) is 0.585. The average molecular weight is 404 g/mol. The van der Waals surface area contributed by atoms with E-state index in [1.165, 1.54) is 18.2 Å². The molecule has 0 aromatic heterocycles. The number of nitro groups is 1. The molecule has 0 bridgehead atoms. The maximum atomic E-state index is 13.4. The number of nitrogens with zero attached hydrogens (tertiary/aromatic N) is 1. The number of hydrogen-bond acceptors (Lipinski definition) is 3. The standard InChI is InChI=1S/C13H9Br2FN2O2/c14-9-3-8(4-11(5-9)18(19)20)7-17-10-1-2-12(15)13(16)6-10/h1-6,17H,7H2. The van der Waals surface area contributed by atoms with E-state index in [1.54, 1.807) is 18.2 Å². The van der Waals surface area contributed by atoms with Crippen molar-refractivity contribution in [3.63, 3.8) is 0 Å². The zero-order chi connectivity index (χ0) is 14.7. The molecule has 0 aliphatic carbocycles. The van der Waals surface area contributed by atoms with Crippen LogP contribution in [0.15, 0.2) is 45.3 Å². The van der Waals surface area contributed by atoms with E-state index in [2.05, 4.69) is 37.2 Å². The van der Waals surface area contributed by atoms with Crippen LogP contribution in [0.25, 0.3) is 0 Å². The van der Waals surface area contributed by atoms with Gasteiger partial charge in [0.05, 0.1) is 9.40 Å². The van der Waals surface area contributed by atoms with Crippen molar-refractivity contribution in [1.29, 1.82) is 0 Å². The normalized spacial score (nSPS) is 10.3. The summed E-state index contributed by atoms with van der Waals surface area (Å²) in [5.74, 6) is -0.366. The molecule has 2 aromatic carbocycles. The topological polar surface area (TPSA) is 55.2 Å². The lowest BCUT2D eigenvalue weighted by Gasteiger charge is -2.08. The van der Waals surface area contributed by atoms with Gasteiger partial charge in [-0.1, -0.05) is 15.9 Å². The summed E-state index contributed by atoms with van der Waals surface area (Å²) < 4.78 is 14.4. The fourth-order valence-electron chi connectivity index (χ4n) is 1.65. The number of rotatable bonds is 4. The summed E-state index contributed by atoms with van der Waals surface area (Å²) in [4.78, 5) is 10.3. The summed E-state index contributed by atoms with van der Waals surface area (Å²) in [7, 11) is 0. The number of nitrogens with one attached hydrogen (secondary N) is 1. The first-order valence-corrected chi connectivity index (χ1v) is 7.17. The van der Waals surface area contributed by atoms with Crippen LogP contribution in [0.1, 0.15) is 5.56 Å². The van der Waals surface area contributed by atoms with E-state index in [0.717, 1.165) is 5.56 Å². The number of anilines is 1. The monoisotopic (exact) mass is 402 g/mol. The van der Waals surface area contributed by atoms with Crippen molar-refractivity contribution in [1.82, 2.24) is 0 Å². The van der Waals surface area contributed by atoms with Crippen LogP contribution < -0.4 is 5.32 Å². The van der Waals surface area contributed by atoms with Gasteiger partial charge in [-0.25, -0.2) is 4.39 Å². The highest BCUT2D eigenvalue weighted by atomic mass is 79.9. The lowest BCUT2D eigenvalue weighted by molar-refractivity contribution is -0.385. The lowest BCUT2D eigenvalue weighted by Crippen LogP contribution is -2.01. The second kappa shape index (κ2) is 6.32. The molecule has 7 heteroatoms. The number of halogens is 3. The van der Waals surface area contributed by atoms with Crippen LogP contribution in [0.3, 0.4) is 0 Å². The Kier molecular flexibility index (Phi) is 4.72. The van der Waals surface area contributed by atoms with Crippen molar-refractivity contribution in [2.75, 3.05) is 5.32 Å². The van der Waals surface area contributed by atoms with Gasteiger partial charge in [-0.05, 0) is 45.8 Å². The summed E-state index contributed by atoms with van der Waals surface area (Å²) in [6.45, 7) is 0.362. The first-order chi connectivity index (χ1) is 9.45. The highest BCUT2D eigenvalue weighted by molar-refractivity contribution is 9.10. The SMILES string of the molecule is O=[N+]([O-])c1cc(Br)cc(CNc2ccc(Br)c(F)c2)c1. The van der Waals surface area contributed by atoms with E-state index in [4.69, 9.17) is 0 Å². The number of hydrogen-bond donors (Lipinski definition) is 1. The van der Waals surface area contributed by atoms with Crippen molar-refractivity contribution in [3.8, 4) is 0 Å². The Hall–Kier alpha value is -1.47. The fraction of sp³-hybridized carbons (Fsp3) is 0.0769. The predicted octanol–water partition coefficient (Wildman–Crippen LogP) is 4.87. The number of non-ortho nitro benzene ring substituents is 1. The average Bonchev–Trinajstić information content (AvgIpc) is 2.39. The molecule has 0 saturated carbocycles. The van der Waals surface area contributed by atoms with E-state index in [-0.39, 0.29) is 11.5 Å². The van der Waals surface area contributed by atoms with Crippen LogP contribution in [0.4, 0.5) is 15.8 Å². The van der Waals surface area contributed by atoms with Crippen molar-refractivity contribution < 1.29 is 9.31 Å². The van der Waals surface area contributed by atoms with Gasteiger partial charge in [0.1, 0.15) is 5.82 Å². The van der Waals surface area contributed by atoms with Gasteiger partial charge in [0.25, 0.3) is 5.69 Å². The summed E-state index contributed by atoms with van der Waals surface area (Å²) in [6.07, 6.45) is 0. The molecule has 20 heavy (non-hydrogen) atoms. The van der Waals surface area contributed by atoms with E-state index in [0.29, 0.717) is 21.2 Å². The third-order valence-corrected chi connectivity index (χ3v) is 3.67. The summed E-state index contributed by atoms with van der Waals surface area (Å²) in [5.41, 5.74) is 1.35. The van der Waals surface area contributed by atoms with Crippen LogP contribution in [0.5, 0.6) is 0 Å². The second-order valence-corrected chi connectivity index (χ2v) is 5.83. The van der Waals surface area contributed by atoms with Crippen LogP contribution >= 0.6 is 31.9 Å². The van der Waals surface area contributed by atoms with E-state index >= 15 is 0 Å². The van der Waals surface area contributed by atoms with Gasteiger partial charge in [0, 0.05) is 28.8 Å². The molecule has 0 heterocycles. The van der Waals surface area contributed by atoms with Crippen LogP contribution in [0.2, 0.25) is 0 Å². The first kappa shape index (κ1) is 14.9. The van der Waals surface area contributed by atoms with Gasteiger partial charge in [0.15, 0.2) is 0 Å². The van der Waals surface area contributed by atoms with E-state index in [1.807, 2.05) is 0 Å². The minimum absolute atomic E-state index is 0.0122. The molecule has 4 nitrogen and oxygen atoms in total. The molecule has 0 saturated heterocycles. The highest BCUT2D eigenvalue weighted by Crippen LogP contribution is 2.23. The zero-order valence-electron chi connectivity index (χ0n) is 10.1. The summed E-state index contributed by atoms with van der Waals surface area (Å²) >= 11 is 6.31. The molecular weight excluding hydrogens is 395 g/mol. The van der Waals surface area contributed by atoms with Crippen LogP contribution in [-0.2, 0) is 6.54 Å². The van der Waals surface area contributed by atoms with E-state index in [9.17, 15) is 14.5 Å². The Morgan fingerprint density at radius 1 is 1.20 bits per heavy atom. The molecule has 0 fully saturated rings. The van der Waals surface area contributed by atoms with Crippen molar-refractivity contribution in [3.05, 3.63) is 66.8 Å². The number of benzene rings is 2. The zero-order valence-corrected chi connectivity index (χ0v) is 13.2. The van der Waals surface area contributed by atoms with Gasteiger partial charge in [0.2, 0.25) is 0 Å². The van der Waals surface area contributed by atoms with Crippen LogP contribution in [0, 0.1) is 15.9 Å². The minimum Gasteiger partial charge on any atom is -0.381 e. The van der Waals surface area contributed by atoms with E-state index < -0.39 is 4.92 Å². The molecule has 104 valence electrons. The smallest absolute Gasteiger partial charge is 0.270 e. The maximum Gasteiger partial charge on any atom is 0.270 e.